The van der Waals surface area contributed by atoms with Gasteiger partial charge < -0.3 is 20.0 Å². The van der Waals surface area contributed by atoms with Crippen molar-refractivity contribution < 1.29 is 42.4 Å². The van der Waals surface area contributed by atoms with E-state index in [-0.39, 0.29) is 18.3 Å². The molecular weight excluding hydrogens is 469 g/mol. The van der Waals surface area contributed by atoms with E-state index in [1.54, 1.807) is 41.5 Å². The van der Waals surface area contributed by atoms with Crippen molar-refractivity contribution in [3.8, 4) is 0 Å². The highest BCUT2D eigenvalue weighted by atomic mass is 31.2. The first-order chi connectivity index (χ1) is 14.5. The Kier molecular flexibility index (Phi) is 11.5. The molecule has 0 saturated heterocycles. The van der Waals surface area contributed by atoms with Crippen LogP contribution in [0.1, 0.15) is 62.3 Å². The van der Waals surface area contributed by atoms with Gasteiger partial charge in [0, 0.05) is 5.41 Å². The minimum absolute atomic E-state index is 0.123. The van der Waals surface area contributed by atoms with Gasteiger partial charge in [0.15, 0.2) is 14.4 Å². The van der Waals surface area contributed by atoms with E-state index in [1.165, 1.54) is 0 Å². The summed E-state index contributed by atoms with van der Waals surface area (Å²) < 4.78 is 35.7. The number of aliphatic carboxylic acids is 1. The molecule has 10 nitrogen and oxygen atoms in total. The molecule has 33 heavy (non-hydrogen) atoms. The molecule has 0 aliphatic carbocycles. The van der Waals surface area contributed by atoms with Crippen LogP contribution in [-0.4, -0.2) is 68.0 Å². The van der Waals surface area contributed by atoms with Crippen molar-refractivity contribution in [1.29, 1.82) is 0 Å². The van der Waals surface area contributed by atoms with Gasteiger partial charge in [0.2, 0.25) is 5.91 Å². The fourth-order valence-electron chi connectivity index (χ4n) is 2.03. The van der Waals surface area contributed by atoms with Crippen LogP contribution in [0, 0.1) is 5.41 Å². The Bertz CT molecular complexity index is 708. The highest BCUT2D eigenvalue weighted by molar-refractivity contribution is 7.48. The van der Waals surface area contributed by atoms with Gasteiger partial charge in [-0.05, 0) is 38.9 Å². The summed E-state index contributed by atoms with van der Waals surface area (Å²) in [4.78, 5) is 23.8. The smallest absolute Gasteiger partial charge is 0.475 e. The molecule has 3 atom stereocenters. The maximum absolute atomic E-state index is 13.3. The lowest BCUT2D eigenvalue weighted by molar-refractivity contribution is -0.144. The molecule has 0 bridgehead atoms. The van der Waals surface area contributed by atoms with E-state index in [0.29, 0.717) is 0 Å². The van der Waals surface area contributed by atoms with Crippen molar-refractivity contribution in [3.63, 3.8) is 0 Å². The number of carboxylic acid groups (broad SMARTS) is 1. The zero-order valence-electron chi connectivity index (χ0n) is 22.0. The van der Waals surface area contributed by atoms with E-state index >= 15 is 0 Å². The fraction of sp³-hybridized carbons (Fsp3) is 0.905. The number of carbonyl (C=O) groups is 2. The van der Waals surface area contributed by atoms with Gasteiger partial charge in [-0.2, -0.15) is 0 Å². The van der Waals surface area contributed by atoms with Crippen LogP contribution in [0.3, 0.4) is 0 Å². The molecule has 0 fully saturated rings. The lowest BCUT2D eigenvalue weighted by atomic mass is 9.95. The van der Waals surface area contributed by atoms with Crippen LogP contribution in [-0.2, 0) is 32.2 Å². The lowest BCUT2D eigenvalue weighted by Gasteiger charge is -2.39. The Balaban J connectivity index is 5.49. The minimum Gasteiger partial charge on any atom is -0.480 e. The van der Waals surface area contributed by atoms with Crippen molar-refractivity contribution in [2.75, 3.05) is 19.8 Å². The van der Waals surface area contributed by atoms with E-state index in [9.17, 15) is 24.4 Å². The molecule has 3 N–H and O–H groups in total. The van der Waals surface area contributed by atoms with Gasteiger partial charge in [-0.25, -0.2) is 9.36 Å². The zero-order chi connectivity index (χ0) is 26.5. The van der Waals surface area contributed by atoms with E-state index in [2.05, 4.69) is 5.32 Å². The van der Waals surface area contributed by atoms with Crippen molar-refractivity contribution in [2.45, 2.75) is 98.2 Å². The number of rotatable bonds is 12. The van der Waals surface area contributed by atoms with Crippen LogP contribution in [0.2, 0.25) is 18.1 Å². The molecule has 0 spiro atoms. The molecule has 0 aliphatic rings. The van der Waals surface area contributed by atoms with Gasteiger partial charge in [-0.1, -0.05) is 41.5 Å². The molecule has 0 saturated carbocycles. The predicted octanol–water partition coefficient (Wildman–Crippen LogP) is 3.94. The maximum Gasteiger partial charge on any atom is 0.475 e. The molecule has 0 heterocycles. The number of nitrogens with one attached hydrogen (secondary N) is 1. The quantitative estimate of drug-likeness (QED) is 0.261. The Morgan fingerprint density at radius 3 is 1.82 bits per heavy atom. The highest BCUT2D eigenvalue weighted by Crippen LogP contribution is 2.53. The summed E-state index contributed by atoms with van der Waals surface area (Å²) in [5.74, 6) is -1.86. The summed E-state index contributed by atoms with van der Waals surface area (Å²) in [6.45, 7) is 18.7. The number of carboxylic acids is 1. The number of hydrogen-bond acceptors (Lipinski definition) is 8. The summed E-state index contributed by atoms with van der Waals surface area (Å²) in [5.41, 5.74) is -1.77. The second-order valence-electron chi connectivity index (χ2n) is 11.5. The van der Waals surface area contributed by atoms with Gasteiger partial charge in [0.05, 0.1) is 31.5 Å². The van der Waals surface area contributed by atoms with E-state index in [1.807, 2.05) is 33.9 Å². The van der Waals surface area contributed by atoms with Crippen LogP contribution < -0.4 is 5.32 Å². The summed E-state index contributed by atoms with van der Waals surface area (Å²) in [6.07, 6.45) is -0.776. The fourth-order valence-corrected chi connectivity index (χ4v) is 4.89. The average Bonchev–Trinajstić information content (AvgIpc) is 2.58. The topological polar surface area (TPSA) is 141 Å². The van der Waals surface area contributed by atoms with Crippen LogP contribution in [0.15, 0.2) is 0 Å². The summed E-state index contributed by atoms with van der Waals surface area (Å²) in [7, 11) is -6.54. The number of phosphoric acid groups is 1. The third-order valence-corrected chi connectivity index (χ3v) is 11.2. The Morgan fingerprint density at radius 1 is 0.970 bits per heavy atom. The van der Waals surface area contributed by atoms with E-state index < -0.39 is 57.8 Å². The summed E-state index contributed by atoms with van der Waals surface area (Å²) in [5, 5.41) is 21.5. The third kappa shape index (κ3) is 11.9. The normalized spacial score (nSPS) is 17.2. The second-order valence-corrected chi connectivity index (χ2v) is 17.9. The highest BCUT2D eigenvalue weighted by Gasteiger charge is 2.41. The number of carbonyl (C=O) groups excluding carboxylic acids is 1. The Labute approximate surface area is 199 Å². The van der Waals surface area contributed by atoms with Crippen molar-refractivity contribution >= 4 is 28.0 Å². The predicted molar refractivity (Wildman–Crippen MR) is 129 cm³/mol. The molecular formula is C21H44NO9PSi. The summed E-state index contributed by atoms with van der Waals surface area (Å²) in [6, 6.07) is -1.46. The maximum atomic E-state index is 13.3. The number of hydrogen-bond donors (Lipinski definition) is 3. The first-order valence-electron chi connectivity index (χ1n) is 11.0. The van der Waals surface area contributed by atoms with Crippen LogP contribution in [0.4, 0.5) is 0 Å². The van der Waals surface area contributed by atoms with E-state index in [4.69, 9.17) is 18.0 Å². The molecule has 0 radical (unpaired) electrons. The van der Waals surface area contributed by atoms with Crippen molar-refractivity contribution in [3.05, 3.63) is 0 Å². The van der Waals surface area contributed by atoms with Crippen molar-refractivity contribution in [2.24, 2.45) is 5.41 Å². The van der Waals surface area contributed by atoms with Crippen molar-refractivity contribution in [1.82, 2.24) is 5.32 Å². The standard InChI is InChI=1S/C21H44NO9PSi/c1-19(2,3)18(26)22-16(17(24)25)14-29-32(27,31-20(4,5)6)28-13-15(12-23)30-33(10,11)21(7,8)9/h15-16,23H,12-14H2,1-11H3,(H,22,26)(H,24,25)/t15-,16+,32?/m1/s1. The number of aliphatic hydroxyl groups excluding tert-OH is 1. The first kappa shape index (κ1) is 32.2. The molecule has 0 aromatic heterocycles. The summed E-state index contributed by atoms with van der Waals surface area (Å²) >= 11 is 0. The number of aliphatic hydroxyl groups is 1. The average molecular weight is 514 g/mol. The van der Waals surface area contributed by atoms with Gasteiger partial charge in [0.25, 0.3) is 0 Å². The van der Waals surface area contributed by atoms with Gasteiger partial charge in [-0.3, -0.25) is 18.4 Å². The van der Waals surface area contributed by atoms with Crippen LogP contribution in [0.25, 0.3) is 0 Å². The number of amides is 1. The molecule has 12 heteroatoms. The molecule has 0 rings (SSSR count). The molecule has 0 aromatic carbocycles. The molecule has 0 aliphatic heterocycles. The SMILES string of the molecule is CC(C)(C)OP(=O)(OC[C@@H](CO)O[Si](C)(C)C(C)(C)C)OC[C@H](NC(=O)C(C)(C)C)C(=O)O. The lowest BCUT2D eigenvalue weighted by Crippen LogP contribution is -2.48. The third-order valence-electron chi connectivity index (χ3n) is 4.96. The largest absolute Gasteiger partial charge is 0.480 e. The Hall–Kier alpha value is -0.813. The van der Waals surface area contributed by atoms with Crippen LogP contribution in [0.5, 0.6) is 0 Å². The molecule has 196 valence electrons. The Morgan fingerprint density at radius 2 is 1.45 bits per heavy atom. The van der Waals surface area contributed by atoms with Gasteiger partial charge >= 0.3 is 13.8 Å². The molecule has 1 amide bonds. The monoisotopic (exact) mass is 513 g/mol. The van der Waals surface area contributed by atoms with Gasteiger partial charge in [-0.15, -0.1) is 0 Å². The first-order valence-corrected chi connectivity index (χ1v) is 15.3. The van der Waals surface area contributed by atoms with Crippen LogP contribution >= 0.6 is 7.82 Å². The number of phosphoric ester groups is 1. The molecule has 0 aromatic rings. The van der Waals surface area contributed by atoms with Gasteiger partial charge in [0.1, 0.15) is 0 Å². The van der Waals surface area contributed by atoms with E-state index in [0.717, 1.165) is 0 Å². The zero-order valence-corrected chi connectivity index (χ0v) is 23.9. The second kappa shape index (κ2) is 11.7. The molecule has 1 unspecified atom stereocenters. The minimum atomic E-state index is -4.28.